The molecule has 0 saturated heterocycles. The summed E-state index contributed by atoms with van der Waals surface area (Å²) >= 11 is 0. The maximum atomic E-state index is 12.7. The number of rotatable bonds is 8. The van der Waals surface area contributed by atoms with E-state index in [1.807, 2.05) is 6.92 Å². The lowest BCUT2D eigenvalue weighted by Gasteiger charge is -2.15. The molecule has 0 fully saturated rings. The smallest absolute Gasteiger partial charge is 0.273 e. The van der Waals surface area contributed by atoms with E-state index in [9.17, 15) is 26.9 Å². The van der Waals surface area contributed by atoms with Gasteiger partial charge in [-0.3, -0.25) is 14.8 Å². The number of nitro groups is 1. The van der Waals surface area contributed by atoms with Crippen LogP contribution >= 0.6 is 0 Å². The van der Waals surface area contributed by atoms with Crippen LogP contribution < -0.4 is 15.2 Å². The average Bonchev–Trinajstić information content (AvgIpc) is 2.59. The predicted octanol–water partition coefficient (Wildman–Crippen LogP) is 2.17. The molecule has 0 atom stereocenters. The third-order valence-corrected chi connectivity index (χ3v) is 6.09. The van der Waals surface area contributed by atoms with Gasteiger partial charge in [-0.2, -0.15) is 0 Å². The molecule has 0 aromatic heterocycles. The van der Waals surface area contributed by atoms with Gasteiger partial charge in [-0.15, -0.1) is 0 Å². The van der Waals surface area contributed by atoms with Crippen LogP contribution in [-0.4, -0.2) is 28.3 Å². The number of anilines is 2. The van der Waals surface area contributed by atoms with Gasteiger partial charge in [0.2, 0.25) is 10.0 Å². The normalized spacial score (nSPS) is 11.8. The van der Waals surface area contributed by atoms with Crippen molar-refractivity contribution in [2.75, 3.05) is 16.6 Å². The summed E-state index contributed by atoms with van der Waals surface area (Å²) in [5.74, 6) is 0. The van der Waals surface area contributed by atoms with Crippen molar-refractivity contribution in [1.29, 1.82) is 0 Å². The molecule has 152 valence electrons. The summed E-state index contributed by atoms with van der Waals surface area (Å²) in [5, 5.41) is 19.2. The summed E-state index contributed by atoms with van der Waals surface area (Å²) in [6.07, 6.45) is 0.743. The zero-order valence-electron chi connectivity index (χ0n) is 15.2. The molecule has 2 aromatic carbocycles. The van der Waals surface area contributed by atoms with Crippen LogP contribution in [0.25, 0.3) is 0 Å². The van der Waals surface area contributed by atoms with Crippen molar-refractivity contribution in [3.05, 3.63) is 52.1 Å². The Kier molecular flexibility index (Phi) is 6.27. The summed E-state index contributed by atoms with van der Waals surface area (Å²) in [6.45, 7) is 3.91. The van der Waals surface area contributed by atoms with Gasteiger partial charge in [0.25, 0.3) is 15.7 Å². The van der Waals surface area contributed by atoms with E-state index in [4.69, 9.17) is 5.14 Å². The van der Waals surface area contributed by atoms with Crippen LogP contribution in [0.4, 0.5) is 17.1 Å². The van der Waals surface area contributed by atoms with E-state index >= 15 is 0 Å². The van der Waals surface area contributed by atoms with Crippen LogP contribution in [-0.2, 0) is 20.0 Å². The number of benzene rings is 2. The molecule has 0 spiro atoms. The molecule has 2 aromatic rings. The number of sulfonamides is 2. The maximum Gasteiger partial charge on any atom is 0.273 e. The highest BCUT2D eigenvalue weighted by atomic mass is 32.2. The Morgan fingerprint density at radius 1 is 1.04 bits per heavy atom. The lowest BCUT2D eigenvalue weighted by molar-refractivity contribution is -0.385. The first kappa shape index (κ1) is 21.6. The highest BCUT2D eigenvalue weighted by molar-refractivity contribution is 7.92. The second kappa shape index (κ2) is 8.12. The van der Waals surface area contributed by atoms with Gasteiger partial charge in [0.15, 0.2) is 0 Å². The Labute approximate surface area is 163 Å². The molecule has 0 aliphatic carbocycles. The SMILES string of the molecule is CCCNc1ccc(S(N)(=O)=O)cc1NS(=O)(=O)c1ccc(C)c([N+](=O)[O-])c1. The van der Waals surface area contributed by atoms with E-state index in [1.165, 1.54) is 31.2 Å². The first-order valence-electron chi connectivity index (χ1n) is 8.14. The molecule has 0 aliphatic rings. The van der Waals surface area contributed by atoms with Crippen LogP contribution in [0.1, 0.15) is 18.9 Å². The fourth-order valence-electron chi connectivity index (χ4n) is 2.36. The number of nitrogens with one attached hydrogen (secondary N) is 2. The minimum Gasteiger partial charge on any atom is -0.383 e. The van der Waals surface area contributed by atoms with Crippen molar-refractivity contribution in [2.24, 2.45) is 5.14 Å². The lowest BCUT2D eigenvalue weighted by Crippen LogP contribution is -2.17. The molecule has 0 amide bonds. The van der Waals surface area contributed by atoms with Gasteiger partial charge in [0.1, 0.15) is 0 Å². The van der Waals surface area contributed by atoms with Gasteiger partial charge < -0.3 is 5.32 Å². The Morgan fingerprint density at radius 3 is 2.25 bits per heavy atom. The molecule has 4 N–H and O–H groups in total. The largest absolute Gasteiger partial charge is 0.383 e. The Morgan fingerprint density at radius 2 is 1.68 bits per heavy atom. The van der Waals surface area contributed by atoms with Gasteiger partial charge in [0.05, 0.1) is 26.1 Å². The Balaban J connectivity index is 2.52. The fraction of sp³-hybridized carbons (Fsp3) is 0.250. The number of nitro benzene ring substituents is 1. The average molecular weight is 428 g/mol. The summed E-state index contributed by atoms with van der Waals surface area (Å²) in [7, 11) is -8.28. The first-order chi connectivity index (χ1) is 13.0. The van der Waals surface area contributed by atoms with Crippen molar-refractivity contribution in [2.45, 2.75) is 30.1 Å². The molecule has 0 saturated carbocycles. The molecular formula is C16H20N4O6S2. The molecule has 0 aliphatic heterocycles. The van der Waals surface area contributed by atoms with Gasteiger partial charge in [-0.1, -0.05) is 13.0 Å². The number of hydrogen-bond donors (Lipinski definition) is 3. The second-order valence-electron chi connectivity index (χ2n) is 5.99. The van der Waals surface area contributed by atoms with Crippen LogP contribution in [0.3, 0.4) is 0 Å². The molecule has 0 heterocycles. The van der Waals surface area contributed by atoms with Gasteiger partial charge >= 0.3 is 0 Å². The van der Waals surface area contributed by atoms with Crippen molar-refractivity contribution in [3.63, 3.8) is 0 Å². The molecule has 2 rings (SSSR count). The van der Waals surface area contributed by atoms with Crippen molar-refractivity contribution < 1.29 is 21.8 Å². The first-order valence-corrected chi connectivity index (χ1v) is 11.2. The minimum atomic E-state index is -4.23. The third kappa shape index (κ3) is 4.97. The maximum absolute atomic E-state index is 12.7. The summed E-state index contributed by atoms with van der Waals surface area (Å²) < 4.78 is 51.0. The molecule has 0 radical (unpaired) electrons. The van der Waals surface area contributed by atoms with Crippen LogP contribution in [0, 0.1) is 17.0 Å². The van der Waals surface area contributed by atoms with Gasteiger partial charge in [-0.25, -0.2) is 22.0 Å². The van der Waals surface area contributed by atoms with Crippen LogP contribution in [0.2, 0.25) is 0 Å². The summed E-state index contributed by atoms with van der Waals surface area (Å²) in [5.41, 5.74) is 0.276. The molecular weight excluding hydrogens is 408 g/mol. The van der Waals surface area contributed by atoms with Gasteiger partial charge in [-0.05, 0) is 37.6 Å². The van der Waals surface area contributed by atoms with Crippen LogP contribution in [0.15, 0.2) is 46.2 Å². The van der Waals surface area contributed by atoms with Crippen molar-refractivity contribution in [3.8, 4) is 0 Å². The van der Waals surface area contributed by atoms with E-state index in [1.54, 1.807) is 0 Å². The zero-order chi connectivity index (χ0) is 21.1. The Hall–Kier alpha value is -2.70. The number of nitrogens with zero attached hydrogens (tertiary/aromatic N) is 1. The van der Waals surface area contributed by atoms with E-state index < -0.39 is 25.0 Å². The van der Waals surface area contributed by atoms with E-state index in [-0.39, 0.29) is 21.2 Å². The monoisotopic (exact) mass is 428 g/mol. The molecule has 10 nitrogen and oxygen atoms in total. The van der Waals surface area contributed by atoms with Crippen molar-refractivity contribution in [1.82, 2.24) is 0 Å². The third-order valence-electron chi connectivity index (χ3n) is 3.82. The van der Waals surface area contributed by atoms with E-state index in [2.05, 4.69) is 10.0 Å². The highest BCUT2D eigenvalue weighted by Gasteiger charge is 2.22. The van der Waals surface area contributed by atoms with E-state index in [0.29, 0.717) is 17.8 Å². The van der Waals surface area contributed by atoms with Gasteiger partial charge in [0, 0.05) is 18.2 Å². The van der Waals surface area contributed by atoms with Crippen molar-refractivity contribution >= 4 is 37.1 Å². The van der Waals surface area contributed by atoms with E-state index in [0.717, 1.165) is 18.6 Å². The molecule has 0 bridgehead atoms. The topological polar surface area (TPSA) is 162 Å². The number of hydrogen-bond acceptors (Lipinski definition) is 7. The predicted molar refractivity (Wildman–Crippen MR) is 105 cm³/mol. The standard InChI is InChI=1S/C16H20N4O6S2/c1-3-8-18-14-7-6-12(27(17,23)24)9-15(14)19-28(25,26)13-5-4-11(2)16(10-13)20(21)22/h4-7,9-10,18-19H,3,8H2,1-2H3,(H2,17,23,24). The number of primary sulfonamides is 1. The number of nitrogens with two attached hydrogens (primary N) is 1. The molecule has 28 heavy (non-hydrogen) atoms. The summed E-state index contributed by atoms with van der Waals surface area (Å²) in [6, 6.07) is 7.23. The lowest BCUT2D eigenvalue weighted by atomic mass is 10.2. The van der Waals surface area contributed by atoms with Crippen LogP contribution in [0.5, 0.6) is 0 Å². The fourth-order valence-corrected chi connectivity index (χ4v) is 3.99. The second-order valence-corrected chi connectivity index (χ2v) is 9.23. The summed E-state index contributed by atoms with van der Waals surface area (Å²) in [4.78, 5) is 9.81. The number of aryl methyl sites for hydroxylation is 1. The quantitative estimate of drug-likeness (QED) is 0.428. The minimum absolute atomic E-state index is 0.0387. The molecule has 12 heteroatoms. The molecule has 0 unspecified atom stereocenters. The zero-order valence-corrected chi connectivity index (χ0v) is 16.8. The Bertz CT molecular complexity index is 1110. The highest BCUT2D eigenvalue weighted by Crippen LogP contribution is 2.29.